The zero-order valence-corrected chi connectivity index (χ0v) is 10.1. The van der Waals surface area contributed by atoms with E-state index in [2.05, 4.69) is 10.3 Å². The Labute approximate surface area is 102 Å². The summed E-state index contributed by atoms with van der Waals surface area (Å²) in [6.45, 7) is 1.63. The van der Waals surface area contributed by atoms with Crippen LogP contribution in [0.15, 0.2) is 18.5 Å². The summed E-state index contributed by atoms with van der Waals surface area (Å²) < 4.78 is 0.881. The van der Waals surface area contributed by atoms with Crippen molar-refractivity contribution < 1.29 is 9.90 Å². The Hall–Kier alpha value is -1.66. The molecule has 2 aromatic heterocycles. The number of carbonyl (C=O) groups is 1. The molecule has 0 saturated carbocycles. The molecule has 6 heteroatoms. The van der Waals surface area contributed by atoms with E-state index in [0.717, 1.165) is 10.1 Å². The Morgan fingerprint density at radius 1 is 1.71 bits per heavy atom. The highest BCUT2D eigenvalue weighted by atomic mass is 32.1. The van der Waals surface area contributed by atoms with Gasteiger partial charge in [0.2, 0.25) is 0 Å². The van der Waals surface area contributed by atoms with Gasteiger partial charge in [-0.15, -0.1) is 11.3 Å². The number of fused-ring (bicyclic) bond motifs is 1. The van der Waals surface area contributed by atoms with Crippen molar-refractivity contribution in [1.82, 2.24) is 10.3 Å². The monoisotopic (exact) mass is 251 g/mol. The first-order valence-electron chi connectivity index (χ1n) is 5.17. The van der Waals surface area contributed by atoms with Gasteiger partial charge < -0.3 is 16.2 Å². The first-order chi connectivity index (χ1) is 8.13. The molecule has 0 saturated heterocycles. The Bertz CT molecular complexity index is 553. The third kappa shape index (κ3) is 2.22. The van der Waals surface area contributed by atoms with E-state index in [1.165, 1.54) is 11.3 Å². The van der Waals surface area contributed by atoms with Crippen LogP contribution in [0.1, 0.15) is 16.6 Å². The van der Waals surface area contributed by atoms with Gasteiger partial charge in [-0.05, 0) is 13.0 Å². The van der Waals surface area contributed by atoms with Gasteiger partial charge in [0.05, 0.1) is 17.0 Å². The van der Waals surface area contributed by atoms with E-state index >= 15 is 0 Å². The van der Waals surface area contributed by atoms with Crippen LogP contribution in [0.5, 0.6) is 0 Å². The average Bonchev–Trinajstić information content (AvgIpc) is 2.67. The van der Waals surface area contributed by atoms with Crippen LogP contribution in [-0.2, 0) is 0 Å². The van der Waals surface area contributed by atoms with Crippen LogP contribution in [0.2, 0.25) is 0 Å². The third-order valence-corrected chi connectivity index (χ3v) is 3.54. The van der Waals surface area contributed by atoms with Crippen molar-refractivity contribution in [3.63, 3.8) is 0 Å². The van der Waals surface area contributed by atoms with E-state index in [1.54, 1.807) is 25.4 Å². The molecule has 0 fully saturated rings. The second-order valence-corrected chi connectivity index (χ2v) is 4.83. The average molecular weight is 251 g/mol. The summed E-state index contributed by atoms with van der Waals surface area (Å²) in [5, 5.41) is 12.4. The Morgan fingerprint density at radius 3 is 3.12 bits per heavy atom. The number of hydrogen-bond acceptors (Lipinski definition) is 5. The van der Waals surface area contributed by atoms with Gasteiger partial charge in [-0.25, -0.2) is 0 Å². The quantitative estimate of drug-likeness (QED) is 0.759. The fourth-order valence-corrected chi connectivity index (χ4v) is 2.47. The topological polar surface area (TPSA) is 88.2 Å². The molecule has 0 bridgehead atoms. The number of nitrogens with two attached hydrogens (primary N) is 1. The second kappa shape index (κ2) is 4.68. The number of amides is 1. The normalized spacial score (nSPS) is 12.6. The molecule has 0 aliphatic rings. The number of aliphatic hydroxyl groups is 1. The van der Waals surface area contributed by atoms with Crippen LogP contribution in [-0.4, -0.2) is 28.6 Å². The van der Waals surface area contributed by atoms with E-state index in [0.29, 0.717) is 10.6 Å². The number of hydrogen-bond donors (Lipinski definition) is 3. The summed E-state index contributed by atoms with van der Waals surface area (Å²) in [5.74, 6) is -0.259. The van der Waals surface area contributed by atoms with E-state index in [1.807, 2.05) is 0 Å². The molecule has 0 spiro atoms. The number of nitrogens with one attached hydrogen (secondary N) is 1. The van der Waals surface area contributed by atoms with E-state index in [9.17, 15) is 4.79 Å². The molecule has 1 amide bonds. The fraction of sp³-hybridized carbons (Fsp3) is 0.273. The molecule has 2 aromatic rings. The van der Waals surface area contributed by atoms with Crippen molar-refractivity contribution in [3.8, 4) is 0 Å². The lowest BCUT2D eigenvalue weighted by atomic mass is 10.2. The number of aliphatic hydroxyl groups excluding tert-OH is 1. The Balaban J connectivity index is 2.35. The lowest BCUT2D eigenvalue weighted by Gasteiger charge is -2.09. The van der Waals surface area contributed by atoms with Crippen molar-refractivity contribution in [3.05, 3.63) is 23.3 Å². The first kappa shape index (κ1) is 11.8. The molecule has 1 atom stereocenters. The largest absolute Gasteiger partial charge is 0.397 e. The molecule has 2 rings (SSSR count). The van der Waals surface area contributed by atoms with Gasteiger partial charge in [-0.1, -0.05) is 0 Å². The van der Waals surface area contributed by atoms with Gasteiger partial charge in [-0.3, -0.25) is 9.78 Å². The van der Waals surface area contributed by atoms with Gasteiger partial charge in [0.25, 0.3) is 5.91 Å². The van der Waals surface area contributed by atoms with Gasteiger partial charge in [-0.2, -0.15) is 0 Å². The van der Waals surface area contributed by atoms with Gasteiger partial charge in [0, 0.05) is 23.8 Å². The lowest BCUT2D eigenvalue weighted by molar-refractivity contribution is 0.0927. The number of aromatic nitrogens is 1. The highest BCUT2D eigenvalue weighted by Crippen LogP contribution is 2.32. The van der Waals surface area contributed by atoms with Crippen LogP contribution < -0.4 is 11.1 Å². The predicted octanol–water partition coefficient (Wildman–Crippen LogP) is 0.989. The van der Waals surface area contributed by atoms with E-state index in [4.69, 9.17) is 10.8 Å². The molecule has 90 valence electrons. The molecule has 4 N–H and O–H groups in total. The number of carbonyl (C=O) groups excluding carboxylic acids is 1. The molecule has 5 nitrogen and oxygen atoms in total. The maximum atomic E-state index is 11.9. The fourth-order valence-electron chi connectivity index (χ4n) is 1.47. The third-order valence-electron chi connectivity index (χ3n) is 2.39. The van der Waals surface area contributed by atoms with Gasteiger partial charge in [0.1, 0.15) is 4.88 Å². The number of nitrogens with zero attached hydrogens (tertiary/aromatic N) is 1. The predicted molar refractivity (Wildman–Crippen MR) is 68.0 cm³/mol. The summed E-state index contributed by atoms with van der Waals surface area (Å²) in [7, 11) is 0. The lowest BCUT2D eigenvalue weighted by Crippen LogP contribution is -2.34. The number of anilines is 1. The van der Waals surface area contributed by atoms with Crippen molar-refractivity contribution >= 4 is 33.0 Å². The van der Waals surface area contributed by atoms with Gasteiger partial charge in [0.15, 0.2) is 0 Å². The molecular formula is C11H13N3O2S. The Morgan fingerprint density at radius 2 is 2.47 bits per heavy atom. The molecular weight excluding hydrogens is 238 g/mol. The van der Waals surface area contributed by atoms with Crippen LogP contribution in [0, 0.1) is 0 Å². The SMILES string of the molecule is CC(CO)NC(=O)c1sc2cnccc2c1N. The maximum absolute atomic E-state index is 11.9. The van der Waals surface area contributed by atoms with Crippen molar-refractivity contribution in [2.75, 3.05) is 12.3 Å². The highest BCUT2D eigenvalue weighted by molar-refractivity contribution is 7.21. The minimum Gasteiger partial charge on any atom is -0.397 e. The first-order valence-corrected chi connectivity index (χ1v) is 5.99. The molecule has 1 unspecified atom stereocenters. The smallest absolute Gasteiger partial charge is 0.263 e. The van der Waals surface area contributed by atoms with Crippen molar-refractivity contribution in [1.29, 1.82) is 0 Å². The molecule has 0 radical (unpaired) electrons. The van der Waals surface area contributed by atoms with Gasteiger partial charge >= 0.3 is 0 Å². The summed E-state index contributed by atoms with van der Waals surface area (Å²) in [6, 6.07) is 1.50. The minimum absolute atomic E-state index is 0.0991. The van der Waals surface area contributed by atoms with Crippen LogP contribution in [0.3, 0.4) is 0 Å². The van der Waals surface area contributed by atoms with E-state index < -0.39 is 0 Å². The number of thiophene rings is 1. The zero-order valence-electron chi connectivity index (χ0n) is 9.30. The second-order valence-electron chi connectivity index (χ2n) is 3.77. The van der Waals surface area contributed by atoms with E-state index in [-0.39, 0.29) is 18.6 Å². The molecule has 0 aliphatic heterocycles. The molecule has 0 aromatic carbocycles. The molecule has 2 heterocycles. The number of nitrogen functional groups attached to an aromatic ring is 1. The Kier molecular flexibility index (Phi) is 3.26. The highest BCUT2D eigenvalue weighted by Gasteiger charge is 2.17. The van der Waals surface area contributed by atoms with Crippen LogP contribution in [0.4, 0.5) is 5.69 Å². The van der Waals surface area contributed by atoms with Crippen LogP contribution >= 0.6 is 11.3 Å². The standard InChI is InChI=1S/C11H13N3O2S/c1-6(5-15)14-11(16)10-9(12)7-2-3-13-4-8(7)17-10/h2-4,6,15H,5,12H2,1H3,(H,14,16). The number of pyridine rings is 1. The number of rotatable bonds is 3. The van der Waals surface area contributed by atoms with Crippen LogP contribution in [0.25, 0.3) is 10.1 Å². The molecule has 17 heavy (non-hydrogen) atoms. The van der Waals surface area contributed by atoms with Crippen molar-refractivity contribution in [2.45, 2.75) is 13.0 Å². The minimum atomic E-state index is -0.287. The summed E-state index contributed by atoms with van der Waals surface area (Å²) >= 11 is 1.30. The van der Waals surface area contributed by atoms with Crippen molar-refractivity contribution in [2.24, 2.45) is 0 Å². The summed E-state index contributed by atoms with van der Waals surface area (Å²) in [5.41, 5.74) is 6.38. The summed E-state index contributed by atoms with van der Waals surface area (Å²) in [6.07, 6.45) is 3.33. The maximum Gasteiger partial charge on any atom is 0.263 e. The molecule has 0 aliphatic carbocycles. The summed E-state index contributed by atoms with van der Waals surface area (Å²) in [4.78, 5) is 16.3. The zero-order chi connectivity index (χ0) is 12.4.